The monoisotopic (exact) mass is 259 g/mol. The Kier molecular flexibility index (Phi) is 3.60. The van der Waals surface area contributed by atoms with Gasteiger partial charge in [-0.1, -0.05) is 31.1 Å². The van der Waals surface area contributed by atoms with E-state index in [1.165, 1.54) is 0 Å². The van der Waals surface area contributed by atoms with Gasteiger partial charge in [-0.25, -0.2) is 0 Å². The second-order valence-corrected chi connectivity index (χ2v) is 5.86. The maximum absolute atomic E-state index is 5.72. The zero-order chi connectivity index (χ0) is 14.0. The normalized spacial score (nSPS) is 12.1. The van der Waals surface area contributed by atoms with E-state index in [2.05, 4.69) is 37.8 Å². The number of anilines is 1. The fraction of sp³-hybridized carbons (Fsp3) is 0.467. The predicted molar refractivity (Wildman–Crippen MR) is 75.8 cm³/mol. The van der Waals surface area contributed by atoms with Crippen LogP contribution in [0.1, 0.15) is 45.0 Å². The highest BCUT2D eigenvalue weighted by Crippen LogP contribution is 2.30. The fourth-order valence-electron chi connectivity index (χ4n) is 1.98. The van der Waals surface area contributed by atoms with Gasteiger partial charge in [0.1, 0.15) is 0 Å². The molecule has 0 spiro atoms. The van der Waals surface area contributed by atoms with Gasteiger partial charge >= 0.3 is 0 Å². The molecule has 0 aliphatic rings. The van der Waals surface area contributed by atoms with E-state index in [0.717, 1.165) is 23.5 Å². The molecule has 4 nitrogen and oxygen atoms in total. The Bertz CT molecular complexity index is 541. The van der Waals surface area contributed by atoms with Crippen molar-refractivity contribution in [3.8, 4) is 0 Å². The van der Waals surface area contributed by atoms with Crippen LogP contribution in [0.5, 0.6) is 0 Å². The maximum atomic E-state index is 5.72. The van der Waals surface area contributed by atoms with Crippen LogP contribution >= 0.6 is 0 Å². The molecule has 1 aromatic heterocycles. The van der Waals surface area contributed by atoms with E-state index in [4.69, 9.17) is 10.3 Å². The van der Waals surface area contributed by atoms with E-state index in [1.54, 1.807) is 0 Å². The van der Waals surface area contributed by atoms with E-state index >= 15 is 0 Å². The van der Waals surface area contributed by atoms with E-state index < -0.39 is 0 Å². The molecule has 2 rings (SSSR count). The standard InChI is InChI=1S/C15H21N3O/c1-10(2)9-13-17-14(19-18-13)15(3,4)11-5-7-12(16)8-6-11/h5-8,10H,9,16H2,1-4H3. The van der Waals surface area contributed by atoms with Crippen LogP contribution in [0.25, 0.3) is 0 Å². The molecular formula is C15H21N3O. The molecule has 2 aromatic rings. The maximum Gasteiger partial charge on any atom is 0.236 e. The molecule has 1 aromatic carbocycles. The highest BCUT2D eigenvalue weighted by molar-refractivity contribution is 5.42. The van der Waals surface area contributed by atoms with Crippen molar-refractivity contribution in [1.29, 1.82) is 0 Å². The number of nitrogen functional groups attached to an aromatic ring is 1. The molecule has 0 amide bonds. The lowest BCUT2D eigenvalue weighted by atomic mass is 9.84. The third-order valence-electron chi connectivity index (χ3n) is 3.23. The summed E-state index contributed by atoms with van der Waals surface area (Å²) >= 11 is 0. The molecule has 0 fully saturated rings. The second kappa shape index (κ2) is 5.03. The quantitative estimate of drug-likeness (QED) is 0.856. The Morgan fingerprint density at radius 3 is 2.42 bits per heavy atom. The average Bonchev–Trinajstić information content (AvgIpc) is 2.78. The van der Waals surface area contributed by atoms with Crippen molar-refractivity contribution in [3.05, 3.63) is 41.5 Å². The van der Waals surface area contributed by atoms with Crippen LogP contribution in [-0.2, 0) is 11.8 Å². The first-order chi connectivity index (χ1) is 8.89. The molecule has 102 valence electrons. The number of hydrogen-bond acceptors (Lipinski definition) is 4. The van der Waals surface area contributed by atoms with Gasteiger partial charge in [0.15, 0.2) is 5.82 Å². The minimum Gasteiger partial charge on any atom is -0.399 e. The summed E-state index contributed by atoms with van der Waals surface area (Å²) in [7, 11) is 0. The predicted octanol–water partition coefficient (Wildman–Crippen LogP) is 3.18. The number of rotatable bonds is 4. The molecule has 0 saturated heterocycles. The van der Waals surface area contributed by atoms with Gasteiger partial charge in [-0.2, -0.15) is 4.98 Å². The van der Waals surface area contributed by atoms with Crippen molar-refractivity contribution < 1.29 is 4.52 Å². The summed E-state index contributed by atoms with van der Waals surface area (Å²) in [5, 5.41) is 4.05. The van der Waals surface area contributed by atoms with Gasteiger partial charge < -0.3 is 10.3 Å². The number of nitrogens with two attached hydrogens (primary N) is 1. The highest BCUT2D eigenvalue weighted by atomic mass is 16.5. The fourth-order valence-corrected chi connectivity index (χ4v) is 1.98. The van der Waals surface area contributed by atoms with E-state index in [-0.39, 0.29) is 5.41 Å². The number of nitrogens with zero attached hydrogens (tertiary/aromatic N) is 2. The lowest BCUT2D eigenvalue weighted by Gasteiger charge is -2.20. The van der Waals surface area contributed by atoms with Crippen molar-refractivity contribution in [2.75, 3.05) is 5.73 Å². The summed E-state index contributed by atoms with van der Waals surface area (Å²) < 4.78 is 5.42. The van der Waals surface area contributed by atoms with Crippen molar-refractivity contribution in [1.82, 2.24) is 10.1 Å². The lowest BCUT2D eigenvalue weighted by molar-refractivity contribution is 0.328. The molecule has 0 radical (unpaired) electrons. The Morgan fingerprint density at radius 1 is 1.21 bits per heavy atom. The summed E-state index contributed by atoms with van der Waals surface area (Å²) in [5.41, 5.74) is 7.27. The smallest absolute Gasteiger partial charge is 0.236 e. The summed E-state index contributed by atoms with van der Waals surface area (Å²) in [6.07, 6.45) is 0.835. The van der Waals surface area contributed by atoms with Gasteiger partial charge in [0, 0.05) is 12.1 Å². The summed E-state index contributed by atoms with van der Waals surface area (Å²) in [6, 6.07) is 7.79. The molecular weight excluding hydrogens is 238 g/mol. The molecule has 0 aliphatic heterocycles. The summed E-state index contributed by atoms with van der Waals surface area (Å²) in [4.78, 5) is 4.51. The van der Waals surface area contributed by atoms with Crippen molar-refractivity contribution in [3.63, 3.8) is 0 Å². The molecule has 0 unspecified atom stereocenters. The van der Waals surface area contributed by atoms with Gasteiger partial charge in [0.05, 0.1) is 5.41 Å². The van der Waals surface area contributed by atoms with Crippen LogP contribution < -0.4 is 5.73 Å². The Labute approximate surface area is 114 Å². The van der Waals surface area contributed by atoms with E-state index in [0.29, 0.717) is 11.8 Å². The van der Waals surface area contributed by atoms with Gasteiger partial charge in [-0.3, -0.25) is 0 Å². The zero-order valence-electron chi connectivity index (χ0n) is 12.0. The van der Waals surface area contributed by atoms with E-state index in [9.17, 15) is 0 Å². The minimum absolute atomic E-state index is 0.310. The zero-order valence-corrected chi connectivity index (χ0v) is 12.0. The lowest BCUT2D eigenvalue weighted by Crippen LogP contribution is -2.19. The minimum atomic E-state index is -0.310. The van der Waals surface area contributed by atoms with Crippen molar-refractivity contribution >= 4 is 5.69 Å². The largest absolute Gasteiger partial charge is 0.399 e. The average molecular weight is 259 g/mol. The molecule has 0 atom stereocenters. The van der Waals surface area contributed by atoms with Crippen molar-refractivity contribution in [2.24, 2.45) is 5.92 Å². The van der Waals surface area contributed by atoms with Crippen LogP contribution in [0.4, 0.5) is 5.69 Å². The second-order valence-electron chi connectivity index (χ2n) is 5.86. The van der Waals surface area contributed by atoms with E-state index in [1.807, 2.05) is 24.3 Å². The SMILES string of the molecule is CC(C)Cc1noc(C(C)(C)c2ccc(N)cc2)n1. The third kappa shape index (κ3) is 2.95. The molecule has 0 bridgehead atoms. The Balaban J connectivity index is 2.28. The molecule has 0 aliphatic carbocycles. The van der Waals surface area contributed by atoms with Gasteiger partial charge in [0.25, 0.3) is 0 Å². The number of hydrogen-bond donors (Lipinski definition) is 1. The van der Waals surface area contributed by atoms with Gasteiger partial charge in [0.2, 0.25) is 5.89 Å². The third-order valence-corrected chi connectivity index (χ3v) is 3.23. The molecule has 2 N–H and O–H groups in total. The first kappa shape index (κ1) is 13.6. The molecule has 1 heterocycles. The summed E-state index contributed by atoms with van der Waals surface area (Å²) in [5.74, 6) is 1.94. The first-order valence-corrected chi connectivity index (χ1v) is 6.58. The van der Waals surface area contributed by atoms with Crippen LogP contribution in [0, 0.1) is 5.92 Å². The van der Waals surface area contributed by atoms with Gasteiger partial charge in [-0.05, 0) is 37.5 Å². The highest BCUT2D eigenvalue weighted by Gasteiger charge is 2.29. The molecule has 4 heteroatoms. The molecule has 0 saturated carbocycles. The Hall–Kier alpha value is -1.84. The van der Waals surface area contributed by atoms with Crippen LogP contribution in [0.15, 0.2) is 28.8 Å². The number of aromatic nitrogens is 2. The topological polar surface area (TPSA) is 64.9 Å². The van der Waals surface area contributed by atoms with Crippen LogP contribution in [-0.4, -0.2) is 10.1 Å². The first-order valence-electron chi connectivity index (χ1n) is 6.58. The van der Waals surface area contributed by atoms with Crippen LogP contribution in [0.2, 0.25) is 0 Å². The number of benzene rings is 1. The summed E-state index contributed by atoms with van der Waals surface area (Å²) in [6.45, 7) is 8.43. The van der Waals surface area contributed by atoms with Crippen molar-refractivity contribution in [2.45, 2.75) is 39.5 Å². The van der Waals surface area contributed by atoms with Crippen LogP contribution in [0.3, 0.4) is 0 Å². The van der Waals surface area contributed by atoms with Gasteiger partial charge in [-0.15, -0.1) is 0 Å². The Morgan fingerprint density at radius 2 is 1.84 bits per heavy atom. The molecule has 19 heavy (non-hydrogen) atoms.